The quantitative estimate of drug-likeness (QED) is 0.728. The zero-order valence-corrected chi connectivity index (χ0v) is 14.3. The summed E-state index contributed by atoms with van der Waals surface area (Å²) < 4.78 is 14.6. The van der Waals surface area contributed by atoms with Crippen LogP contribution in [0.1, 0.15) is 28.9 Å². The van der Waals surface area contributed by atoms with E-state index in [0.717, 1.165) is 10.0 Å². The molecule has 2 rings (SSSR count). The third-order valence-corrected chi connectivity index (χ3v) is 4.23. The zero-order valence-electron chi connectivity index (χ0n) is 11.2. The second kappa shape index (κ2) is 6.58. The molecule has 110 valence electrons. The molecule has 1 unspecified atom stereocenters. The Morgan fingerprint density at radius 3 is 2.48 bits per heavy atom. The maximum absolute atomic E-state index is 13.3. The molecule has 3 nitrogen and oxygen atoms in total. The summed E-state index contributed by atoms with van der Waals surface area (Å²) in [5.41, 5.74) is 6.72. The van der Waals surface area contributed by atoms with Crippen molar-refractivity contribution < 1.29 is 9.18 Å². The van der Waals surface area contributed by atoms with Crippen molar-refractivity contribution in [3.63, 3.8) is 0 Å². The number of hydrogen-bond acceptors (Lipinski definition) is 2. The van der Waals surface area contributed by atoms with Crippen molar-refractivity contribution in [1.82, 2.24) is 5.32 Å². The third-order valence-electron chi connectivity index (χ3n) is 3.05. The van der Waals surface area contributed by atoms with Crippen LogP contribution >= 0.6 is 31.9 Å². The first-order valence-corrected chi connectivity index (χ1v) is 7.78. The van der Waals surface area contributed by atoms with Gasteiger partial charge in [0.25, 0.3) is 5.91 Å². The Morgan fingerprint density at radius 2 is 1.86 bits per heavy atom. The highest BCUT2D eigenvalue weighted by Gasteiger charge is 2.16. The molecule has 21 heavy (non-hydrogen) atoms. The van der Waals surface area contributed by atoms with Gasteiger partial charge in [0.05, 0.1) is 17.3 Å². The average molecular weight is 416 g/mol. The number of anilines is 1. The Morgan fingerprint density at radius 1 is 1.24 bits per heavy atom. The monoisotopic (exact) mass is 414 g/mol. The lowest BCUT2D eigenvalue weighted by atomic mass is 10.1. The predicted molar refractivity (Wildman–Crippen MR) is 88.5 cm³/mol. The van der Waals surface area contributed by atoms with Crippen molar-refractivity contribution in [1.29, 1.82) is 0 Å². The van der Waals surface area contributed by atoms with Gasteiger partial charge >= 0.3 is 0 Å². The van der Waals surface area contributed by atoms with Crippen molar-refractivity contribution in [3.8, 4) is 0 Å². The van der Waals surface area contributed by atoms with Crippen molar-refractivity contribution in [2.45, 2.75) is 13.0 Å². The van der Waals surface area contributed by atoms with E-state index in [1.165, 1.54) is 12.1 Å². The van der Waals surface area contributed by atoms with Crippen LogP contribution in [0.2, 0.25) is 0 Å². The Labute approximate surface area is 139 Å². The standard InChI is InChI=1S/C15H13Br2FN2O/c1-8(9-2-4-10(16)5-3-9)20-15(21)11-6-14(19)13(18)7-12(11)17/h2-8H,19H2,1H3,(H,20,21). The minimum atomic E-state index is -0.556. The second-order valence-electron chi connectivity index (χ2n) is 4.60. The SMILES string of the molecule is CC(NC(=O)c1cc(N)c(F)cc1Br)c1ccc(Br)cc1. The number of halogens is 3. The van der Waals surface area contributed by atoms with E-state index in [4.69, 9.17) is 5.73 Å². The van der Waals surface area contributed by atoms with Gasteiger partial charge in [-0.2, -0.15) is 0 Å². The van der Waals surface area contributed by atoms with Crippen LogP contribution in [0.3, 0.4) is 0 Å². The summed E-state index contributed by atoms with van der Waals surface area (Å²) in [6, 6.07) is 9.99. The lowest BCUT2D eigenvalue weighted by Crippen LogP contribution is -2.27. The van der Waals surface area contributed by atoms with Crippen LogP contribution in [0.4, 0.5) is 10.1 Å². The van der Waals surface area contributed by atoms with E-state index in [2.05, 4.69) is 37.2 Å². The number of carbonyl (C=O) groups excluding carboxylic acids is 1. The van der Waals surface area contributed by atoms with Gasteiger partial charge in [-0.1, -0.05) is 28.1 Å². The largest absolute Gasteiger partial charge is 0.396 e. The second-order valence-corrected chi connectivity index (χ2v) is 6.37. The number of hydrogen-bond donors (Lipinski definition) is 2. The Hall–Kier alpha value is -1.40. The van der Waals surface area contributed by atoms with E-state index in [9.17, 15) is 9.18 Å². The molecule has 3 N–H and O–H groups in total. The number of rotatable bonds is 3. The van der Waals surface area contributed by atoms with Gasteiger partial charge in [0.2, 0.25) is 0 Å². The number of nitrogens with two attached hydrogens (primary N) is 1. The number of benzene rings is 2. The smallest absolute Gasteiger partial charge is 0.252 e. The first-order chi connectivity index (χ1) is 9.88. The molecule has 2 aromatic carbocycles. The van der Waals surface area contributed by atoms with E-state index in [-0.39, 0.29) is 17.6 Å². The van der Waals surface area contributed by atoms with Crippen LogP contribution in [-0.4, -0.2) is 5.91 Å². The number of amides is 1. The molecule has 0 aliphatic rings. The minimum absolute atomic E-state index is 0.0559. The summed E-state index contributed by atoms with van der Waals surface area (Å²) in [5.74, 6) is -0.872. The summed E-state index contributed by atoms with van der Waals surface area (Å²) >= 11 is 6.54. The topological polar surface area (TPSA) is 55.1 Å². The van der Waals surface area contributed by atoms with Gasteiger partial charge in [-0.25, -0.2) is 4.39 Å². The highest BCUT2D eigenvalue weighted by atomic mass is 79.9. The fourth-order valence-electron chi connectivity index (χ4n) is 1.85. The van der Waals surface area contributed by atoms with Crippen molar-refractivity contribution in [2.24, 2.45) is 0 Å². The molecular weight excluding hydrogens is 403 g/mol. The molecule has 0 spiro atoms. The molecule has 0 aliphatic carbocycles. The van der Waals surface area contributed by atoms with E-state index in [0.29, 0.717) is 10.0 Å². The molecular formula is C15H13Br2FN2O. The van der Waals surface area contributed by atoms with Gasteiger partial charge < -0.3 is 11.1 Å². The van der Waals surface area contributed by atoms with Crippen LogP contribution in [0, 0.1) is 5.82 Å². The molecule has 1 atom stereocenters. The van der Waals surface area contributed by atoms with E-state index < -0.39 is 5.82 Å². The molecule has 0 saturated carbocycles. The molecule has 0 saturated heterocycles. The van der Waals surface area contributed by atoms with Crippen LogP contribution in [-0.2, 0) is 0 Å². The molecule has 0 radical (unpaired) electrons. The fourth-order valence-corrected chi connectivity index (χ4v) is 2.61. The highest BCUT2D eigenvalue weighted by Crippen LogP contribution is 2.24. The summed E-state index contributed by atoms with van der Waals surface area (Å²) in [7, 11) is 0. The van der Waals surface area contributed by atoms with Gasteiger partial charge in [0.1, 0.15) is 5.82 Å². The molecule has 2 aromatic rings. The van der Waals surface area contributed by atoms with Crippen LogP contribution < -0.4 is 11.1 Å². The number of carbonyl (C=O) groups is 1. The number of nitrogen functional groups attached to an aromatic ring is 1. The fraction of sp³-hybridized carbons (Fsp3) is 0.133. The Bertz CT molecular complexity index is 674. The van der Waals surface area contributed by atoms with Crippen LogP contribution in [0.15, 0.2) is 45.3 Å². The van der Waals surface area contributed by atoms with Crippen molar-refractivity contribution in [2.75, 3.05) is 5.73 Å². The van der Waals surface area contributed by atoms with Gasteiger partial charge in [0, 0.05) is 8.95 Å². The van der Waals surface area contributed by atoms with Crippen molar-refractivity contribution >= 4 is 43.5 Å². The number of nitrogens with one attached hydrogen (secondary N) is 1. The van der Waals surface area contributed by atoms with E-state index >= 15 is 0 Å². The first-order valence-electron chi connectivity index (χ1n) is 6.19. The van der Waals surface area contributed by atoms with Crippen LogP contribution in [0.25, 0.3) is 0 Å². The lowest BCUT2D eigenvalue weighted by molar-refractivity contribution is 0.0939. The molecule has 6 heteroatoms. The lowest BCUT2D eigenvalue weighted by Gasteiger charge is -2.15. The molecule has 0 aliphatic heterocycles. The summed E-state index contributed by atoms with van der Waals surface area (Å²) in [6.07, 6.45) is 0. The van der Waals surface area contributed by atoms with Crippen molar-refractivity contribution in [3.05, 3.63) is 62.3 Å². The van der Waals surface area contributed by atoms with Gasteiger partial charge in [-0.05, 0) is 52.7 Å². The molecule has 0 bridgehead atoms. The molecule has 0 fully saturated rings. The first kappa shape index (κ1) is 16.0. The maximum atomic E-state index is 13.3. The zero-order chi connectivity index (χ0) is 15.6. The summed E-state index contributed by atoms with van der Waals surface area (Å²) in [5, 5.41) is 2.86. The average Bonchev–Trinajstić information content (AvgIpc) is 2.43. The Kier molecular flexibility index (Phi) is 5.00. The highest BCUT2D eigenvalue weighted by molar-refractivity contribution is 9.10. The molecule has 0 heterocycles. The van der Waals surface area contributed by atoms with Gasteiger partial charge in [-0.3, -0.25) is 4.79 Å². The minimum Gasteiger partial charge on any atom is -0.396 e. The maximum Gasteiger partial charge on any atom is 0.252 e. The summed E-state index contributed by atoms with van der Waals surface area (Å²) in [6.45, 7) is 1.88. The summed E-state index contributed by atoms with van der Waals surface area (Å²) in [4.78, 5) is 12.3. The van der Waals surface area contributed by atoms with Gasteiger partial charge in [0.15, 0.2) is 0 Å². The molecule has 0 aromatic heterocycles. The Balaban J connectivity index is 2.18. The van der Waals surface area contributed by atoms with E-state index in [1.807, 2.05) is 31.2 Å². The predicted octanol–water partition coefficient (Wildman–Crippen LogP) is 4.42. The van der Waals surface area contributed by atoms with Crippen LogP contribution in [0.5, 0.6) is 0 Å². The van der Waals surface area contributed by atoms with E-state index in [1.54, 1.807) is 0 Å². The normalized spacial score (nSPS) is 12.0. The third kappa shape index (κ3) is 3.83. The molecule has 1 amide bonds. The van der Waals surface area contributed by atoms with Gasteiger partial charge in [-0.15, -0.1) is 0 Å².